The van der Waals surface area contributed by atoms with Crippen molar-refractivity contribution in [3.8, 4) is 6.07 Å². The summed E-state index contributed by atoms with van der Waals surface area (Å²) >= 11 is 0. The normalized spacial score (nSPS) is 28.6. The number of piperidine rings is 1. The van der Waals surface area contributed by atoms with E-state index in [9.17, 15) is 0 Å². The van der Waals surface area contributed by atoms with Crippen molar-refractivity contribution in [3.63, 3.8) is 0 Å². The molecule has 1 heterocycles. The second kappa shape index (κ2) is 5.65. The molecule has 0 spiro atoms. The minimum Gasteiger partial charge on any atom is -0.300 e. The Balaban J connectivity index is 1.75. The predicted molar refractivity (Wildman–Crippen MR) is 65.0 cm³/mol. The van der Waals surface area contributed by atoms with Gasteiger partial charge in [-0.05, 0) is 38.1 Å². The van der Waals surface area contributed by atoms with E-state index in [2.05, 4.69) is 23.2 Å². The highest BCUT2D eigenvalue weighted by Gasteiger charge is 2.27. The molecule has 1 saturated carbocycles. The average Bonchev–Trinajstić information content (AvgIpc) is 3.12. The fourth-order valence-electron chi connectivity index (χ4n) is 2.57. The summed E-state index contributed by atoms with van der Waals surface area (Å²) in [7, 11) is 0. The molecule has 0 amide bonds. The van der Waals surface area contributed by atoms with Crippen LogP contribution in [0.15, 0.2) is 0 Å². The molecule has 0 radical (unpaired) electrons. The molecule has 0 aromatic rings. The standard InChI is InChI=1S/C13H23N3/c1-2-11-4-3-7-16(9-11)10-13(8-14)15-12-5-6-12/h11-13,15H,2-7,9-10H2,1H3. The monoisotopic (exact) mass is 221 g/mol. The number of nitrogens with one attached hydrogen (secondary N) is 1. The first kappa shape index (κ1) is 11.9. The number of nitriles is 1. The third-order valence-electron chi connectivity index (χ3n) is 3.79. The Hall–Kier alpha value is -0.590. The van der Waals surface area contributed by atoms with Gasteiger partial charge in [-0.25, -0.2) is 0 Å². The first-order valence-corrected chi connectivity index (χ1v) is 6.69. The molecule has 2 aliphatic rings. The minimum atomic E-state index is 0.0445. The number of hydrogen-bond acceptors (Lipinski definition) is 3. The van der Waals surface area contributed by atoms with Crippen LogP contribution in [0.4, 0.5) is 0 Å². The molecule has 0 aromatic heterocycles. The Bertz CT molecular complexity index is 254. The lowest BCUT2D eigenvalue weighted by molar-refractivity contribution is 0.164. The lowest BCUT2D eigenvalue weighted by atomic mass is 9.95. The van der Waals surface area contributed by atoms with E-state index in [4.69, 9.17) is 5.26 Å². The summed E-state index contributed by atoms with van der Waals surface area (Å²) in [4.78, 5) is 2.47. The first-order valence-electron chi connectivity index (χ1n) is 6.69. The van der Waals surface area contributed by atoms with Gasteiger partial charge in [-0.1, -0.05) is 13.3 Å². The van der Waals surface area contributed by atoms with Crippen LogP contribution in [0.1, 0.15) is 39.0 Å². The summed E-state index contributed by atoms with van der Waals surface area (Å²) in [5.74, 6) is 0.856. The van der Waals surface area contributed by atoms with Gasteiger partial charge < -0.3 is 4.90 Å². The van der Waals surface area contributed by atoms with Crippen LogP contribution in [0.3, 0.4) is 0 Å². The van der Waals surface area contributed by atoms with E-state index < -0.39 is 0 Å². The Kier molecular flexibility index (Phi) is 4.20. The van der Waals surface area contributed by atoms with Gasteiger partial charge in [0.05, 0.1) is 6.07 Å². The smallest absolute Gasteiger partial charge is 0.108 e. The molecule has 16 heavy (non-hydrogen) atoms. The van der Waals surface area contributed by atoms with Gasteiger partial charge in [-0.15, -0.1) is 0 Å². The fourth-order valence-corrected chi connectivity index (χ4v) is 2.57. The van der Waals surface area contributed by atoms with Crippen LogP contribution in [0.5, 0.6) is 0 Å². The van der Waals surface area contributed by atoms with Crippen LogP contribution >= 0.6 is 0 Å². The summed E-state index contributed by atoms with van der Waals surface area (Å²) in [6.45, 7) is 5.57. The lowest BCUT2D eigenvalue weighted by Crippen LogP contribution is -2.45. The second-order valence-corrected chi connectivity index (χ2v) is 5.30. The SMILES string of the molecule is CCC1CCCN(CC(C#N)NC2CC2)C1. The van der Waals surface area contributed by atoms with E-state index in [1.807, 2.05) is 0 Å². The molecule has 2 unspecified atom stereocenters. The van der Waals surface area contributed by atoms with Crippen LogP contribution in [0.25, 0.3) is 0 Å². The van der Waals surface area contributed by atoms with E-state index in [0.29, 0.717) is 6.04 Å². The Morgan fingerprint density at radius 3 is 2.88 bits per heavy atom. The van der Waals surface area contributed by atoms with Gasteiger partial charge >= 0.3 is 0 Å². The van der Waals surface area contributed by atoms with Crippen molar-refractivity contribution in [1.29, 1.82) is 5.26 Å². The Morgan fingerprint density at radius 1 is 1.44 bits per heavy atom. The highest BCUT2D eigenvalue weighted by molar-refractivity contribution is 4.97. The van der Waals surface area contributed by atoms with Crippen molar-refractivity contribution in [3.05, 3.63) is 0 Å². The van der Waals surface area contributed by atoms with Crippen LogP contribution in [-0.4, -0.2) is 36.6 Å². The quantitative estimate of drug-likeness (QED) is 0.769. The molecule has 1 aliphatic carbocycles. The predicted octanol–water partition coefficient (Wildman–Crippen LogP) is 1.75. The lowest BCUT2D eigenvalue weighted by Gasteiger charge is -2.33. The van der Waals surface area contributed by atoms with Crippen molar-refractivity contribution in [2.45, 2.75) is 51.1 Å². The maximum absolute atomic E-state index is 9.12. The maximum atomic E-state index is 9.12. The zero-order chi connectivity index (χ0) is 11.4. The molecule has 1 aliphatic heterocycles. The molecule has 0 aromatic carbocycles. The molecule has 1 saturated heterocycles. The number of nitrogens with zero attached hydrogens (tertiary/aromatic N) is 2. The summed E-state index contributed by atoms with van der Waals surface area (Å²) in [5.41, 5.74) is 0. The molecule has 3 nitrogen and oxygen atoms in total. The molecule has 3 heteroatoms. The third-order valence-corrected chi connectivity index (χ3v) is 3.79. The Labute approximate surface area is 98.8 Å². The average molecular weight is 221 g/mol. The van der Waals surface area contributed by atoms with E-state index in [1.54, 1.807) is 0 Å². The van der Waals surface area contributed by atoms with Gasteiger partial charge in [-0.3, -0.25) is 5.32 Å². The number of rotatable bonds is 5. The topological polar surface area (TPSA) is 39.1 Å². The Morgan fingerprint density at radius 2 is 2.25 bits per heavy atom. The molecule has 1 N–H and O–H groups in total. The van der Waals surface area contributed by atoms with Gasteiger partial charge in [0.25, 0.3) is 0 Å². The summed E-state index contributed by atoms with van der Waals surface area (Å²) in [5, 5.41) is 12.5. The van der Waals surface area contributed by atoms with Crippen molar-refractivity contribution in [2.24, 2.45) is 5.92 Å². The molecular weight excluding hydrogens is 198 g/mol. The molecule has 2 fully saturated rings. The summed E-state index contributed by atoms with van der Waals surface area (Å²) in [6.07, 6.45) is 6.48. The number of likely N-dealkylation sites (tertiary alicyclic amines) is 1. The van der Waals surface area contributed by atoms with Gasteiger partial charge in [0.2, 0.25) is 0 Å². The van der Waals surface area contributed by atoms with Crippen molar-refractivity contribution in [2.75, 3.05) is 19.6 Å². The van der Waals surface area contributed by atoms with Crippen LogP contribution < -0.4 is 5.32 Å². The van der Waals surface area contributed by atoms with Crippen LogP contribution in [0.2, 0.25) is 0 Å². The van der Waals surface area contributed by atoms with Gasteiger partial charge in [0, 0.05) is 19.1 Å². The highest BCUT2D eigenvalue weighted by Crippen LogP contribution is 2.21. The zero-order valence-corrected chi connectivity index (χ0v) is 10.3. The highest BCUT2D eigenvalue weighted by atomic mass is 15.2. The molecule has 2 atom stereocenters. The summed E-state index contributed by atoms with van der Waals surface area (Å²) in [6, 6.07) is 3.08. The van der Waals surface area contributed by atoms with E-state index in [0.717, 1.165) is 12.5 Å². The van der Waals surface area contributed by atoms with E-state index in [1.165, 1.54) is 45.2 Å². The zero-order valence-electron chi connectivity index (χ0n) is 10.3. The van der Waals surface area contributed by atoms with Crippen molar-refractivity contribution in [1.82, 2.24) is 10.2 Å². The second-order valence-electron chi connectivity index (χ2n) is 5.30. The van der Waals surface area contributed by atoms with Gasteiger partial charge in [0.15, 0.2) is 0 Å². The van der Waals surface area contributed by atoms with E-state index >= 15 is 0 Å². The van der Waals surface area contributed by atoms with Crippen molar-refractivity contribution < 1.29 is 0 Å². The molecule has 2 rings (SSSR count). The molecule has 0 bridgehead atoms. The molecule has 90 valence electrons. The third kappa shape index (κ3) is 3.47. The van der Waals surface area contributed by atoms with Crippen LogP contribution in [0, 0.1) is 17.2 Å². The van der Waals surface area contributed by atoms with Crippen molar-refractivity contribution >= 4 is 0 Å². The summed E-state index contributed by atoms with van der Waals surface area (Å²) < 4.78 is 0. The largest absolute Gasteiger partial charge is 0.300 e. The fraction of sp³-hybridized carbons (Fsp3) is 0.923. The van der Waals surface area contributed by atoms with Gasteiger partial charge in [-0.2, -0.15) is 5.26 Å². The number of hydrogen-bond donors (Lipinski definition) is 1. The van der Waals surface area contributed by atoms with E-state index in [-0.39, 0.29) is 6.04 Å². The molecular formula is C13H23N3. The first-order chi connectivity index (χ1) is 7.81. The van der Waals surface area contributed by atoms with Gasteiger partial charge in [0.1, 0.15) is 6.04 Å². The van der Waals surface area contributed by atoms with Crippen LogP contribution in [-0.2, 0) is 0 Å². The maximum Gasteiger partial charge on any atom is 0.108 e. The minimum absolute atomic E-state index is 0.0445.